The van der Waals surface area contributed by atoms with Crippen LogP contribution in [0.25, 0.3) is 0 Å². The molecule has 3 N–H and O–H groups in total. The molecule has 1 aliphatic heterocycles. The molecular formula is C12H21N5S. The highest BCUT2D eigenvalue weighted by Gasteiger charge is 2.13. The second-order valence-corrected chi connectivity index (χ2v) is 5.57. The summed E-state index contributed by atoms with van der Waals surface area (Å²) in [6.07, 6.45) is 2.27. The number of nitrogen functional groups attached to an aromatic ring is 1. The molecule has 18 heavy (non-hydrogen) atoms. The summed E-state index contributed by atoms with van der Waals surface area (Å²) >= 11 is 2.00. The molecule has 1 fully saturated rings. The minimum absolute atomic E-state index is 0.350. The summed E-state index contributed by atoms with van der Waals surface area (Å²) in [6.45, 7) is 5.13. The molecule has 2 heterocycles. The van der Waals surface area contributed by atoms with Crippen LogP contribution in [0, 0.1) is 0 Å². The molecule has 1 aromatic heterocycles. The number of nitrogens with zero attached hydrogens (tertiary/aromatic N) is 3. The summed E-state index contributed by atoms with van der Waals surface area (Å²) in [7, 11) is 0. The number of nitrogens with one attached hydrogen (secondary N) is 1. The van der Waals surface area contributed by atoms with E-state index in [1.54, 1.807) is 0 Å². The Morgan fingerprint density at radius 2 is 2.28 bits per heavy atom. The van der Waals surface area contributed by atoms with Crippen LogP contribution >= 0.6 is 11.8 Å². The second kappa shape index (κ2) is 6.68. The van der Waals surface area contributed by atoms with Gasteiger partial charge in [-0.3, -0.25) is 0 Å². The molecule has 0 aliphatic carbocycles. The van der Waals surface area contributed by atoms with Gasteiger partial charge in [0.1, 0.15) is 11.6 Å². The minimum atomic E-state index is 0.350. The van der Waals surface area contributed by atoms with Gasteiger partial charge in [0.05, 0.1) is 0 Å². The van der Waals surface area contributed by atoms with Crippen molar-refractivity contribution in [2.45, 2.75) is 19.8 Å². The molecule has 1 saturated heterocycles. The van der Waals surface area contributed by atoms with Gasteiger partial charge in [0.2, 0.25) is 5.95 Å². The van der Waals surface area contributed by atoms with E-state index in [1.807, 2.05) is 17.8 Å². The van der Waals surface area contributed by atoms with E-state index in [1.165, 1.54) is 12.2 Å². The molecular weight excluding hydrogens is 246 g/mol. The van der Waals surface area contributed by atoms with E-state index in [0.717, 1.165) is 43.4 Å². The lowest BCUT2D eigenvalue weighted by Gasteiger charge is -2.21. The van der Waals surface area contributed by atoms with Gasteiger partial charge < -0.3 is 16.0 Å². The van der Waals surface area contributed by atoms with Crippen LogP contribution in [0.5, 0.6) is 0 Å². The Hall–Kier alpha value is -1.17. The highest BCUT2D eigenvalue weighted by atomic mass is 32.2. The third kappa shape index (κ3) is 3.66. The Morgan fingerprint density at radius 1 is 1.39 bits per heavy atom. The SMILES string of the molecule is CCCNc1cc(N2CCCSCC2)nc(N)n1. The van der Waals surface area contributed by atoms with Gasteiger partial charge in [0.15, 0.2) is 0 Å². The lowest BCUT2D eigenvalue weighted by molar-refractivity contribution is 0.799. The van der Waals surface area contributed by atoms with Crippen molar-refractivity contribution in [3.05, 3.63) is 6.07 Å². The van der Waals surface area contributed by atoms with Crippen LogP contribution in [0.15, 0.2) is 6.07 Å². The second-order valence-electron chi connectivity index (χ2n) is 4.35. The normalized spacial score (nSPS) is 16.4. The summed E-state index contributed by atoms with van der Waals surface area (Å²) < 4.78 is 0. The zero-order valence-corrected chi connectivity index (χ0v) is 11.7. The van der Waals surface area contributed by atoms with Crippen LogP contribution in [0.4, 0.5) is 17.6 Å². The molecule has 1 aliphatic rings. The average Bonchev–Trinajstić information content (AvgIpc) is 2.64. The van der Waals surface area contributed by atoms with Crippen LogP contribution in [0.2, 0.25) is 0 Å². The number of anilines is 3. The molecule has 2 rings (SSSR count). The predicted molar refractivity (Wildman–Crippen MR) is 79.4 cm³/mol. The highest BCUT2D eigenvalue weighted by molar-refractivity contribution is 7.99. The molecule has 0 saturated carbocycles. The van der Waals surface area contributed by atoms with Crippen LogP contribution in [0.1, 0.15) is 19.8 Å². The number of aromatic nitrogens is 2. The fraction of sp³-hybridized carbons (Fsp3) is 0.667. The molecule has 0 unspecified atom stereocenters. The number of hydrogen-bond donors (Lipinski definition) is 2. The molecule has 0 aromatic carbocycles. The van der Waals surface area contributed by atoms with Crippen LogP contribution in [-0.4, -0.2) is 41.1 Å². The van der Waals surface area contributed by atoms with Crippen LogP contribution < -0.4 is 16.0 Å². The van der Waals surface area contributed by atoms with E-state index >= 15 is 0 Å². The topological polar surface area (TPSA) is 67.1 Å². The van der Waals surface area contributed by atoms with Crippen molar-refractivity contribution in [3.63, 3.8) is 0 Å². The molecule has 6 heteroatoms. The van der Waals surface area contributed by atoms with Gasteiger partial charge in [-0.15, -0.1) is 0 Å². The van der Waals surface area contributed by atoms with Crippen molar-refractivity contribution >= 4 is 29.3 Å². The van der Waals surface area contributed by atoms with Gasteiger partial charge in [-0.05, 0) is 18.6 Å². The summed E-state index contributed by atoms with van der Waals surface area (Å²) in [4.78, 5) is 10.9. The standard InChI is InChI=1S/C12H21N5S/c1-2-4-14-10-9-11(16-12(13)15-10)17-5-3-7-18-8-6-17/h9H,2-8H2,1H3,(H3,13,14,15,16). The van der Waals surface area contributed by atoms with Gasteiger partial charge in [-0.25, -0.2) is 0 Å². The Morgan fingerprint density at radius 3 is 3.11 bits per heavy atom. The first kappa shape index (κ1) is 13.3. The summed E-state index contributed by atoms with van der Waals surface area (Å²) in [5, 5.41) is 3.27. The van der Waals surface area contributed by atoms with E-state index in [9.17, 15) is 0 Å². The third-order valence-corrected chi connectivity index (χ3v) is 3.88. The summed E-state index contributed by atoms with van der Waals surface area (Å²) in [6, 6.07) is 2.00. The molecule has 100 valence electrons. The zero-order valence-electron chi connectivity index (χ0n) is 10.9. The van der Waals surface area contributed by atoms with E-state index < -0.39 is 0 Å². The first-order valence-electron chi connectivity index (χ1n) is 6.50. The monoisotopic (exact) mass is 267 g/mol. The highest BCUT2D eigenvalue weighted by Crippen LogP contribution is 2.20. The third-order valence-electron chi connectivity index (χ3n) is 2.83. The fourth-order valence-electron chi connectivity index (χ4n) is 1.93. The molecule has 0 spiro atoms. The largest absolute Gasteiger partial charge is 0.370 e. The quantitative estimate of drug-likeness (QED) is 0.867. The van der Waals surface area contributed by atoms with Gasteiger partial charge in [-0.1, -0.05) is 6.92 Å². The van der Waals surface area contributed by atoms with E-state index in [-0.39, 0.29) is 0 Å². The first-order chi connectivity index (χ1) is 8.79. The predicted octanol–water partition coefficient (Wildman–Crippen LogP) is 1.82. The molecule has 0 radical (unpaired) electrons. The van der Waals surface area contributed by atoms with Crippen molar-refractivity contribution < 1.29 is 0 Å². The van der Waals surface area contributed by atoms with Gasteiger partial charge >= 0.3 is 0 Å². The van der Waals surface area contributed by atoms with Crippen molar-refractivity contribution in [3.8, 4) is 0 Å². The molecule has 0 atom stereocenters. The minimum Gasteiger partial charge on any atom is -0.370 e. The van der Waals surface area contributed by atoms with Crippen molar-refractivity contribution in [2.24, 2.45) is 0 Å². The maximum atomic E-state index is 5.78. The maximum absolute atomic E-state index is 5.78. The summed E-state index contributed by atoms with van der Waals surface area (Å²) in [5.41, 5.74) is 5.78. The number of rotatable bonds is 4. The molecule has 1 aromatic rings. The van der Waals surface area contributed by atoms with Crippen molar-refractivity contribution in [1.29, 1.82) is 0 Å². The molecule has 5 nitrogen and oxygen atoms in total. The first-order valence-corrected chi connectivity index (χ1v) is 7.66. The molecule has 0 bridgehead atoms. The smallest absolute Gasteiger partial charge is 0.223 e. The number of nitrogens with two attached hydrogens (primary N) is 1. The van der Waals surface area contributed by atoms with Crippen molar-refractivity contribution in [2.75, 3.05) is 47.1 Å². The van der Waals surface area contributed by atoms with Gasteiger partial charge in [-0.2, -0.15) is 21.7 Å². The fourth-order valence-corrected chi connectivity index (χ4v) is 2.82. The maximum Gasteiger partial charge on any atom is 0.223 e. The zero-order chi connectivity index (χ0) is 12.8. The Bertz CT molecular complexity index is 377. The lowest BCUT2D eigenvalue weighted by Crippen LogP contribution is -2.27. The van der Waals surface area contributed by atoms with Crippen molar-refractivity contribution in [1.82, 2.24) is 9.97 Å². The average molecular weight is 267 g/mol. The van der Waals surface area contributed by atoms with E-state index in [4.69, 9.17) is 5.73 Å². The van der Waals surface area contributed by atoms with E-state index in [0.29, 0.717) is 5.95 Å². The van der Waals surface area contributed by atoms with Gasteiger partial charge in [0, 0.05) is 31.5 Å². The number of thioether (sulfide) groups is 1. The van der Waals surface area contributed by atoms with Gasteiger partial charge in [0.25, 0.3) is 0 Å². The summed E-state index contributed by atoms with van der Waals surface area (Å²) in [5.74, 6) is 4.52. The Kier molecular flexibility index (Phi) is 4.92. The van der Waals surface area contributed by atoms with Crippen LogP contribution in [-0.2, 0) is 0 Å². The van der Waals surface area contributed by atoms with E-state index in [2.05, 4.69) is 27.1 Å². The number of hydrogen-bond acceptors (Lipinski definition) is 6. The lowest BCUT2D eigenvalue weighted by atomic mass is 10.3. The Balaban J connectivity index is 2.12. The molecule has 0 amide bonds. The Labute approximate surface area is 113 Å². The van der Waals surface area contributed by atoms with Crippen LogP contribution in [0.3, 0.4) is 0 Å².